The summed E-state index contributed by atoms with van der Waals surface area (Å²) in [5, 5.41) is 1.11. The zero-order valence-electron chi connectivity index (χ0n) is 11.4. The summed E-state index contributed by atoms with van der Waals surface area (Å²) < 4.78 is 11.1. The van der Waals surface area contributed by atoms with E-state index < -0.39 is 0 Å². The minimum atomic E-state index is 0.464. The monoisotopic (exact) mass is 305 g/mol. The van der Waals surface area contributed by atoms with E-state index in [2.05, 4.69) is 13.8 Å². The van der Waals surface area contributed by atoms with Gasteiger partial charge >= 0.3 is 0 Å². The molecule has 0 bridgehead atoms. The highest BCUT2D eigenvalue weighted by atomic mass is 35.5. The second-order valence-electron chi connectivity index (χ2n) is 4.73. The number of ether oxygens (including phenoxy) is 2. The fraction of sp³-hybridized carbons (Fsp3) is 0.571. The maximum Gasteiger partial charge on any atom is 0.141 e. The van der Waals surface area contributed by atoms with E-state index in [4.69, 9.17) is 38.4 Å². The van der Waals surface area contributed by atoms with E-state index >= 15 is 0 Å². The Bertz CT molecular complexity index is 397. The van der Waals surface area contributed by atoms with Gasteiger partial charge in [0, 0.05) is 11.6 Å². The van der Waals surface area contributed by atoms with Crippen molar-refractivity contribution in [3.05, 3.63) is 27.7 Å². The first kappa shape index (κ1) is 16.6. The molecule has 0 radical (unpaired) electrons. The number of rotatable bonds is 8. The van der Waals surface area contributed by atoms with Gasteiger partial charge in [-0.15, -0.1) is 0 Å². The van der Waals surface area contributed by atoms with Crippen LogP contribution in [0.5, 0.6) is 5.75 Å². The van der Waals surface area contributed by atoms with Gasteiger partial charge in [0.25, 0.3) is 0 Å². The molecule has 0 fully saturated rings. The predicted molar refractivity (Wildman–Crippen MR) is 80.4 cm³/mol. The summed E-state index contributed by atoms with van der Waals surface area (Å²) in [5.41, 5.74) is 6.51. The van der Waals surface area contributed by atoms with Crippen LogP contribution in [0, 0.1) is 5.92 Å². The molecule has 2 N–H and O–H groups in total. The zero-order valence-corrected chi connectivity index (χ0v) is 12.9. The number of nitrogens with two attached hydrogens (primary N) is 1. The van der Waals surface area contributed by atoms with Crippen molar-refractivity contribution in [1.29, 1.82) is 0 Å². The normalized spacial score (nSPS) is 11.1. The average Bonchev–Trinajstić information content (AvgIpc) is 2.31. The molecular formula is C14H21Cl2NO2. The molecule has 1 rings (SSSR count). The first-order valence-electron chi connectivity index (χ1n) is 6.43. The molecule has 0 unspecified atom stereocenters. The summed E-state index contributed by atoms with van der Waals surface area (Å²) in [4.78, 5) is 0. The van der Waals surface area contributed by atoms with Crippen molar-refractivity contribution >= 4 is 23.2 Å². The fourth-order valence-corrected chi connectivity index (χ4v) is 2.23. The molecule has 1 aromatic carbocycles. The molecule has 3 nitrogen and oxygen atoms in total. The van der Waals surface area contributed by atoms with Crippen LogP contribution >= 0.6 is 23.2 Å². The van der Waals surface area contributed by atoms with Gasteiger partial charge in [-0.05, 0) is 36.6 Å². The van der Waals surface area contributed by atoms with E-state index in [9.17, 15) is 0 Å². The summed E-state index contributed by atoms with van der Waals surface area (Å²) in [6, 6.07) is 3.51. The fourth-order valence-electron chi connectivity index (χ4n) is 1.64. The van der Waals surface area contributed by atoms with Crippen LogP contribution in [0.1, 0.15) is 19.4 Å². The Labute approximate surface area is 125 Å². The van der Waals surface area contributed by atoms with Gasteiger partial charge < -0.3 is 15.2 Å². The van der Waals surface area contributed by atoms with Crippen LogP contribution in [-0.2, 0) is 11.2 Å². The van der Waals surface area contributed by atoms with Crippen LogP contribution in [0.15, 0.2) is 12.1 Å². The number of halogens is 2. The van der Waals surface area contributed by atoms with Crippen LogP contribution in [0.25, 0.3) is 0 Å². The van der Waals surface area contributed by atoms with Crippen LogP contribution in [0.2, 0.25) is 10.0 Å². The van der Waals surface area contributed by atoms with Crippen LogP contribution in [0.4, 0.5) is 0 Å². The van der Waals surface area contributed by atoms with E-state index in [1.807, 2.05) is 6.07 Å². The maximum atomic E-state index is 6.14. The Kier molecular flexibility index (Phi) is 7.54. The van der Waals surface area contributed by atoms with Crippen molar-refractivity contribution in [1.82, 2.24) is 0 Å². The van der Waals surface area contributed by atoms with Crippen LogP contribution in [0.3, 0.4) is 0 Å². The molecule has 5 heteroatoms. The summed E-state index contributed by atoms with van der Waals surface area (Å²) in [5.74, 6) is 1.18. The lowest BCUT2D eigenvalue weighted by Gasteiger charge is -2.14. The van der Waals surface area contributed by atoms with E-state index in [-0.39, 0.29) is 0 Å². The lowest BCUT2D eigenvalue weighted by atomic mass is 10.1. The van der Waals surface area contributed by atoms with E-state index in [1.54, 1.807) is 6.07 Å². The third kappa shape index (κ3) is 6.00. The van der Waals surface area contributed by atoms with Gasteiger partial charge in [-0.25, -0.2) is 0 Å². The Hall–Kier alpha value is -0.480. The lowest BCUT2D eigenvalue weighted by Crippen LogP contribution is -2.12. The Morgan fingerprint density at radius 3 is 2.58 bits per heavy atom. The van der Waals surface area contributed by atoms with Gasteiger partial charge in [0.15, 0.2) is 0 Å². The van der Waals surface area contributed by atoms with Gasteiger partial charge in [0.05, 0.1) is 11.6 Å². The van der Waals surface area contributed by atoms with Crippen molar-refractivity contribution in [3.63, 3.8) is 0 Å². The largest absolute Gasteiger partial charge is 0.489 e. The molecule has 0 saturated heterocycles. The van der Waals surface area contributed by atoms with E-state index in [0.29, 0.717) is 47.9 Å². The Balaban J connectivity index is 2.56. The molecule has 0 aliphatic carbocycles. The molecule has 108 valence electrons. The molecule has 0 amide bonds. The molecule has 0 saturated carbocycles. The first-order chi connectivity index (χ1) is 9.04. The molecule has 0 aromatic heterocycles. The van der Waals surface area contributed by atoms with Crippen molar-refractivity contribution in [2.24, 2.45) is 11.7 Å². The average molecular weight is 306 g/mol. The molecule has 0 heterocycles. The lowest BCUT2D eigenvalue weighted by molar-refractivity contribution is 0.0816. The summed E-state index contributed by atoms with van der Waals surface area (Å²) >= 11 is 12.1. The topological polar surface area (TPSA) is 44.5 Å². The van der Waals surface area contributed by atoms with Gasteiger partial charge in [0.1, 0.15) is 12.4 Å². The highest BCUT2D eigenvalue weighted by Crippen LogP contribution is 2.32. The summed E-state index contributed by atoms with van der Waals surface area (Å²) in [7, 11) is 0. The molecule has 0 atom stereocenters. The van der Waals surface area contributed by atoms with Gasteiger partial charge in [-0.2, -0.15) is 0 Å². The van der Waals surface area contributed by atoms with Crippen LogP contribution < -0.4 is 10.5 Å². The van der Waals surface area contributed by atoms with Crippen molar-refractivity contribution in [3.8, 4) is 5.75 Å². The molecule has 0 spiro atoms. The number of hydrogen-bond donors (Lipinski definition) is 1. The first-order valence-corrected chi connectivity index (χ1v) is 7.18. The second-order valence-corrected chi connectivity index (χ2v) is 5.58. The smallest absolute Gasteiger partial charge is 0.141 e. The molecule has 0 aliphatic rings. The molecule has 0 aliphatic heterocycles. The number of benzene rings is 1. The second kappa shape index (κ2) is 8.64. The quantitative estimate of drug-likeness (QED) is 0.747. The minimum Gasteiger partial charge on any atom is -0.489 e. The van der Waals surface area contributed by atoms with Gasteiger partial charge in [-0.3, -0.25) is 0 Å². The standard InChI is InChI=1S/C14H21Cl2NO2/c1-10(2)9-18-5-6-19-14-11(3-4-17)7-12(15)8-13(14)16/h7-8,10H,3-6,9,17H2,1-2H3. The SMILES string of the molecule is CC(C)COCCOc1c(Cl)cc(Cl)cc1CCN. The van der Waals surface area contributed by atoms with Gasteiger partial charge in [0.2, 0.25) is 0 Å². The van der Waals surface area contributed by atoms with E-state index in [1.165, 1.54) is 0 Å². The van der Waals surface area contributed by atoms with E-state index in [0.717, 1.165) is 12.2 Å². The van der Waals surface area contributed by atoms with Crippen molar-refractivity contribution < 1.29 is 9.47 Å². The van der Waals surface area contributed by atoms with Crippen molar-refractivity contribution in [2.75, 3.05) is 26.4 Å². The summed E-state index contributed by atoms with van der Waals surface area (Å²) in [6.45, 7) is 6.47. The third-order valence-electron chi connectivity index (χ3n) is 2.42. The number of hydrogen-bond acceptors (Lipinski definition) is 3. The highest BCUT2D eigenvalue weighted by molar-refractivity contribution is 6.35. The van der Waals surface area contributed by atoms with Crippen molar-refractivity contribution in [2.45, 2.75) is 20.3 Å². The summed E-state index contributed by atoms with van der Waals surface area (Å²) in [6.07, 6.45) is 0.683. The molecule has 19 heavy (non-hydrogen) atoms. The van der Waals surface area contributed by atoms with Crippen LogP contribution in [-0.4, -0.2) is 26.4 Å². The highest BCUT2D eigenvalue weighted by Gasteiger charge is 2.10. The predicted octanol–water partition coefficient (Wildman–Crippen LogP) is 3.55. The third-order valence-corrected chi connectivity index (χ3v) is 2.92. The van der Waals surface area contributed by atoms with Gasteiger partial charge in [-0.1, -0.05) is 37.0 Å². The molecular weight excluding hydrogens is 285 g/mol. The Morgan fingerprint density at radius 2 is 1.95 bits per heavy atom. The molecule has 1 aromatic rings. The minimum absolute atomic E-state index is 0.464. The maximum absolute atomic E-state index is 6.14. The zero-order chi connectivity index (χ0) is 14.3. The Morgan fingerprint density at radius 1 is 1.21 bits per heavy atom.